The Kier molecular flexibility index (Phi) is 3.92. The predicted octanol–water partition coefficient (Wildman–Crippen LogP) is 3.66. The van der Waals surface area contributed by atoms with Crippen LogP contribution < -0.4 is 11.5 Å². The van der Waals surface area contributed by atoms with Gasteiger partial charge in [0.05, 0.1) is 16.7 Å². The van der Waals surface area contributed by atoms with Crippen molar-refractivity contribution in [2.75, 3.05) is 5.73 Å². The minimum Gasteiger partial charge on any atom is -0.396 e. The van der Waals surface area contributed by atoms with E-state index < -0.39 is 5.91 Å². The van der Waals surface area contributed by atoms with Crippen molar-refractivity contribution < 1.29 is 9.18 Å². The van der Waals surface area contributed by atoms with E-state index in [1.54, 1.807) is 18.2 Å². The number of carbonyl (C=O) groups excluding carboxylic acids is 1. The van der Waals surface area contributed by atoms with Gasteiger partial charge in [0.1, 0.15) is 17.2 Å². The van der Waals surface area contributed by atoms with E-state index in [0.29, 0.717) is 16.7 Å². The zero-order valence-electron chi connectivity index (χ0n) is 15.6. The van der Waals surface area contributed by atoms with Gasteiger partial charge in [0.2, 0.25) is 0 Å². The molecule has 0 atom stereocenters. The molecule has 8 heteroatoms. The van der Waals surface area contributed by atoms with Gasteiger partial charge in [0.25, 0.3) is 5.91 Å². The molecule has 30 heavy (non-hydrogen) atoms. The number of benzene rings is 3. The van der Waals surface area contributed by atoms with Crippen molar-refractivity contribution in [2.45, 2.75) is 0 Å². The summed E-state index contributed by atoms with van der Waals surface area (Å²) < 4.78 is 13.2. The molecular weight excluding hydrogens is 383 g/mol. The maximum absolute atomic E-state index is 13.2. The quantitative estimate of drug-likeness (QED) is 0.428. The molecule has 3 aromatic carbocycles. The van der Waals surface area contributed by atoms with Crippen LogP contribution >= 0.6 is 0 Å². The van der Waals surface area contributed by atoms with Crippen LogP contribution in [0.25, 0.3) is 44.5 Å². The third kappa shape index (κ3) is 2.82. The molecule has 5 rings (SSSR count). The number of fused-ring (bicyclic) bond motifs is 2. The Morgan fingerprint density at radius 1 is 0.967 bits per heavy atom. The van der Waals surface area contributed by atoms with Gasteiger partial charge in [-0.2, -0.15) is 0 Å². The second kappa shape index (κ2) is 6.63. The Hall–Kier alpha value is -4.33. The molecule has 5 N–H and O–H groups in total. The Bertz CT molecular complexity index is 1440. The summed E-state index contributed by atoms with van der Waals surface area (Å²) in [6, 6.07) is 17.4. The monoisotopic (exact) mass is 398 g/mol. The van der Waals surface area contributed by atoms with E-state index in [4.69, 9.17) is 11.5 Å². The number of amides is 1. The third-order valence-electron chi connectivity index (χ3n) is 4.98. The second-order valence-corrected chi connectivity index (χ2v) is 6.85. The standard InChI is InChI=1S/C22H15FN6O/c23-13-7-4-11(5-8-13)22-26-16-9-6-12(10-17(16)27-22)14-2-1-3-15-18(24)20(21(25)30)29-28-19(14)15/h1-10H,(H2,24,28)(H2,25,30)(H,26,27). The molecule has 0 spiro atoms. The van der Waals surface area contributed by atoms with Crippen LogP contribution in [0.5, 0.6) is 0 Å². The Balaban J connectivity index is 1.64. The Morgan fingerprint density at radius 3 is 2.50 bits per heavy atom. The second-order valence-electron chi connectivity index (χ2n) is 6.85. The molecule has 7 nitrogen and oxygen atoms in total. The molecule has 1 amide bonds. The topological polar surface area (TPSA) is 124 Å². The van der Waals surface area contributed by atoms with Gasteiger partial charge in [-0.1, -0.05) is 24.3 Å². The number of carbonyl (C=O) groups is 1. The highest BCUT2D eigenvalue weighted by Gasteiger charge is 2.15. The molecule has 146 valence electrons. The van der Waals surface area contributed by atoms with E-state index in [0.717, 1.165) is 27.7 Å². The number of aromatic nitrogens is 4. The lowest BCUT2D eigenvalue weighted by Crippen LogP contribution is -2.16. The summed E-state index contributed by atoms with van der Waals surface area (Å²) in [5.74, 6) is -0.373. The van der Waals surface area contributed by atoms with Gasteiger partial charge in [0.15, 0.2) is 5.69 Å². The lowest BCUT2D eigenvalue weighted by atomic mass is 10.0. The summed E-state index contributed by atoms with van der Waals surface area (Å²) >= 11 is 0. The molecule has 2 heterocycles. The fraction of sp³-hybridized carbons (Fsp3) is 0. The van der Waals surface area contributed by atoms with Gasteiger partial charge < -0.3 is 16.5 Å². The van der Waals surface area contributed by atoms with Gasteiger partial charge >= 0.3 is 0 Å². The van der Waals surface area contributed by atoms with E-state index in [9.17, 15) is 9.18 Å². The summed E-state index contributed by atoms with van der Waals surface area (Å²) in [6.07, 6.45) is 0. The lowest BCUT2D eigenvalue weighted by Gasteiger charge is -2.09. The average molecular weight is 398 g/mol. The van der Waals surface area contributed by atoms with Crippen molar-refractivity contribution in [1.29, 1.82) is 0 Å². The number of nitrogens with zero attached hydrogens (tertiary/aromatic N) is 3. The lowest BCUT2D eigenvalue weighted by molar-refractivity contribution is 0.0996. The van der Waals surface area contributed by atoms with E-state index >= 15 is 0 Å². The molecule has 0 bridgehead atoms. The Morgan fingerprint density at radius 2 is 1.73 bits per heavy atom. The summed E-state index contributed by atoms with van der Waals surface area (Å²) in [7, 11) is 0. The third-order valence-corrected chi connectivity index (χ3v) is 4.98. The minimum absolute atomic E-state index is 0.0485. The molecule has 0 aliphatic rings. The van der Waals surface area contributed by atoms with Crippen LogP contribution in [-0.2, 0) is 0 Å². The van der Waals surface area contributed by atoms with Crippen molar-refractivity contribution in [3.8, 4) is 22.5 Å². The molecule has 0 radical (unpaired) electrons. The van der Waals surface area contributed by atoms with Gasteiger partial charge in [-0.3, -0.25) is 4.79 Å². The molecule has 5 aromatic rings. The molecule has 0 fully saturated rings. The number of nitrogens with one attached hydrogen (secondary N) is 1. The van der Waals surface area contributed by atoms with Crippen molar-refractivity contribution >= 4 is 33.5 Å². The maximum atomic E-state index is 13.2. The fourth-order valence-electron chi connectivity index (χ4n) is 3.49. The predicted molar refractivity (Wildman–Crippen MR) is 113 cm³/mol. The summed E-state index contributed by atoms with van der Waals surface area (Å²) in [5, 5.41) is 8.70. The first-order valence-corrected chi connectivity index (χ1v) is 9.12. The number of H-pyrrole nitrogens is 1. The summed E-state index contributed by atoms with van der Waals surface area (Å²) in [5.41, 5.74) is 16.2. The zero-order chi connectivity index (χ0) is 20.8. The Labute approximate surface area is 169 Å². The number of hydrogen-bond acceptors (Lipinski definition) is 5. The normalized spacial score (nSPS) is 11.2. The van der Waals surface area contributed by atoms with E-state index in [1.165, 1.54) is 12.1 Å². The van der Waals surface area contributed by atoms with Crippen LogP contribution in [0, 0.1) is 5.82 Å². The highest BCUT2D eigenvalue weighted by atomic mass is 19.1. The highest BCUT2D eigenvalue weighted by molar-refractivity contribution is 6.07. The number of aromatic amines is 1. The molecular formula is C22H15FN6O. The number of anilines is 1. The molecule has 0 saturated carbocycles. The molecule has 0 aliphatic carbocycles. The number of halogens is 1. The minimum atomic E-state index is -0.723. The SMILES string of the molecule is NC(=O)c1nnc2c(-c3ccc4nc(-c5ccc(F)cc5)[nH]c4c3)cccc2c1N. The molecule has 2 aromatic heterocycles. The zero-order valence-corrected chi connectivity index (χ0v) is 15.6. The van der Waals surface area contributed by atoms with Gasteiger partial charge in [-0.15, -0.1) is 10.2 Å². The number of imidazole rings is 1. The number of hydrogen-bond donors (Lipinski definition) is 3. The van der Waals surface area contributed by atoms with E-state index in [-0.39, 0.29) is 17.2 Å². The molecule has 0 aliphatic heterocycles. The number of nitrogen functional groups attached to an aromatic ring is 1. The van der Waals surface area contributed by atoms with E-state index in [1.807, 2.05) is 30.3 Å². The van der Waals surface area contributed by atoms with Crippen LogP contribution in [-0.4, -0.2) is 26.1 Å². The fourth-order valence-corrected chi connectivity index (χ4v) is 3.49. The van der Waals surface area contributed by atoms with Crippen LogP contribution in [0.2, 0.25) is 0 Å². The van der Waals surface area contributed by atoms with Crippen LogP contribution in [0.15, 0.2) is 60.7 Å². The van der Waals surface area contributed by atoms with Crippen LogP contribution in [0.3, 0.4) is 0 Å². The van der Waals surface area contributed by atoms with Crippen molar-refractivity contribution in [1.82, 2.24) is 20.2 Å². The van der Waals surface area contributed by atoms with Crippen molar-refractivity contribution in [3.63, 3.8) is 0 Å². The van der Waals surface area contributed by atoms with Gasteiger partial charge in [-0.25, -0.2) is 9.37 Å². The number of nitrogens with two attached hydrogens (primary N) is 2. The van der Waals surface area contributed by atoms with Crippen molar-refractivity contribution in [3.05, 3.63) is 72.2 Å². The average Bonchev–Trinajstić information content (AvgIpc) is 3.17. The molecule has 0 unspecified atom stereocenters. The number of primary amides is 1. The first kappa shape index (κ1) is 17.7. The first-order chi connectivity index (χ1) is 14.5. The largest absolute Gasteiger partial charge is 0.396 e. The highest BCUT2D eigenvalue weighted by Crippen LogP contribution is 2.32. The van der Waals surface area contributed by atoms with Crippen LogP contribution in [0.4, 0.5) is 10.1 Å². The van der Waals surface area contributed by atoms with Crippen molar-refractivity contribution in [2.24, 2.45) is 5.73 Å². The number of rotatable bonds is 3. The van der Waals surface area contributed by atoms with E-state index in [2.05, 4.69) is 20.2 Å². The summed E-state index contributed by atoms with van der Waals surface area (Å²) in [4.78, 5) is 19.4. The van der Waals surface area contributed by atoms with Gasteiger partial charge in [0, 0.05) is 16.5 Å². The summed E-state index contributed by atoms with van der Waals surface area (Å²) in [6.45, 7) is 0. The smallest absolute Gasteiger partial charge is 0.271 e. The van der Waals surface area contributed by atoms with Crippen LogP contribution in [0.1, 0.15) is 10.5 Å². The maximum Gasteiger partial charge on any atom is 0.271 e. The van der Waals surface area contributed by atoms with Gasteiger partial charge in [-0.05, 0) is 42.0 Å². The molecule has 0 saturated heterocycles. The first-order valence-electron chi connectivity index (χ1n) is 9.12.